The fourth-order valence-electron chi connectivity index (χ4n) is 2.59. The highest BCUT2D eigenvalue weighted by Gasteiger charge is 2.36. The topological polar surface area (TPSA) is 82.4 Å². The van der Waals surface area contributed by atoms with Gasteiger partial charge in [-0.15, -0.1) is 0 Å². The number of carbonyl (C=O) groups excluding carboxylic acids is 2. The molecule has 1 heterocycles. The minimum atomic E-state index is -0.541. The van der Waals surface area contributed by atoms with Gasteiger partial charge in [-0.25, -0.2) is 4.39 Å². The molecule has 0 unspecified atom stereocenters. The molecular formula is C19H15ClFN3O3. The van der Waals surface area contributed by atoms with Gasteiger partial charge in [0.15, 0.2) is 18.2 Å². The summed E-state index contributed by atoms with van der Waals surface area (Å²) < 4.78 is 18.6. The van der Waals surface area contributed by atoms with Crippen molar-refractivity contribution < 1.29 is 18.7 Å². The molecule has 2 amide bonds. The quantitative estimate of drug-likeness (QED) is 0.855. The molecule has 1 N–H and O–H groups in total. The SMILES string of the molecule is N#Cc1ccc(Cl)cc1NC(=O)C1CN(C(=O)COc2ccccc2F)C1. The summed E-state index contributed by atoms with van der Waals surface area (Å²) in [6.45, 7) is 0.156. The summed E-state index contributed by atoms with van der Waals surface area (Å²) in [4.78, 5) is 25.8. The number of anilines is 1. The molecule has 1 fully saturated rings. The van der Waals surface area contributed by atoms with Gasteiger partial charge >= 0.3 is 0 Å². The molecule has 27 heavy (non-hydrogen) atoms. The number of likely N-dealkylation sites (tertiary alicyclic amines) is 1. The van der Waals surface area contributed by atoms with Gasteiger partial charge in [0.1, 0.15) is 6.07 Å². The van der Waals surface area contributed by atoms with E-state index in [0.717, 1.165) is 0 Å². The average molecular weight is 388 g/mol. The summed E-state index contributed by atoms with van der Waals surface area (Å²) in [5.74, 6) is -1.56. The van der Waals surface area contributed by atoms with Crippen LogP contribution in [0.2, 0.25) is 5.02 Å². The van der Waals surface area contributed by atoms with Crippen molar-refractivity contribution in [2.75, 3.05) is 25.0 Å². The van der Waals surface area contributed by atoms with Crippen LogP contribution in [0.3, 0.4) is 0 Å². The summed E-state index contributed by atoms with van der Waals surface area (Å²) >= 11 is 5.89. The van der Waals surface area contributed by atoms with E-state index in [4.69, 9.17) is 21.6 Å². The molecular weight excluding hydrogens is 373 g/mol. The van der Waals surface area contributed by atoms with E-state index in [2.05, 4.69) is 5.32 Å². The van der Waals surface area contributed by atoms with E-state index in [-0.39, 0.29) is 37.3 Å². The van der Waals surface area contributed by atoms with Crippen LogP contribution in [0.1, 0.15) is 5.56 Å². The van der Waals surface area contributed by atoms with Gasteiger partial charge in [0, 0.05) is 18.1 Å². The number of ether oxygens (including phenoxy) is 1. The lowest BCUT2D eigenvalue weighted by Gasteiger charge is -2.38. The van der Waals surface area contributed by atoms with Crippen molar-refractivity contribution >= 4 is 29.1 Å². The first-order chi connectivity index (χ1) is 13.0. The van der Waals surface area contributed by atoms with Crippen molar-refractivity contribution in [3.05, 3.63) is 58.9 Å². The Morgan fingerprint density at radius 3 is 2.74 bits per heavy atom. The minimum Gasteiger partial charge on any atom is -0.481 e. The fourth-order valence-corrected chi connectivity index (χ4v) is 2.76. The minimum absolute atomic E-state index is 0.00524. The fraction of sp³-hybridized carbons (Fsp3) is 0.211. The maximum absolute atomic E-state index is 13.5. The molecule has 0 radical (unpaired) electrons. The Kier molecular flexibility index (Phi) is 5.57. The molecule has 2 aromatic carbocycles. The number of hydrogen-bond donors (Lipinski definition) is 1. The second kappa shape index (κ2) is 8.06. The van der Waals surface area contributed by atoms with Crippen molar-refractivity contribution in [2.24, 2.45) is 5.92 Å². The summed E-state index contributed by atoms with van der Waals surface area (Å²) in [6.07, 6.45) is 0. The third-order valence-corrected chi connectivity index (χ3v) is 4.39. The van der Waals surface area contributed by atoms with Crippen LogP contribution in [0, 0.1) is 23.1 Å². The Morgan fingerprint density at radius 2 is 2.04 bits per heavy atom. The number of nitrogens with zero attached hydrogens (tertiary/aromatic N) is 2. The van der Waals surface area contributed by atoms with Crippen LogP contribution in [0.15, 0.2) is 42.5 Å². The number of amides is 2. The number of nitrogens with one attached hydrogen (secondary N) is 1. The van der Waals surface area contributed by atoms with Crippen LogP contribution in [0.5, 0.6) is 5.75 Å². The molecule has 1 aliphatic heterocycles. The molecule has 2 aromatic rings. The third kappa shape index (κ3) is 4.36. The largest absolute Gasteiger partial charge is 0.481 e. The lowest BCUT2D eigenvalue weighted by molar-refractivity contribution is -0.143. The number of halogens is 2. The molecule has 0 atom stereocenters. The maximum atomic E-state index is 13.5. The van der Waals surface area contributed by atoms with E-state index in [9.17, 15) is 14.0 Å². The highest BCUT2D eigenvalue weighted by Crippen LogP contribution is 2.23. The number of carbonyl (C=O) groups is 2. The van der Waals surface area contributed by atoms with Gasteiger partial charge in [0.2, 0.25) is 5.91 Å². The number of para-hydroxylation sites is 1. The smallest absolute Gasteiger partial charge is 0.260 e. The lowest BCUT2D eigenvalue weighted by Crippen LogP contribution is -2.55. The number of rotatable bonds is 5. The van der Waals surface area contributed by atoms with Crippen LogP contribution in [0.25, 0.3) is 0 Å². The van der Waals surface area contributed by atoms with Gasteiger partial charge in [-0.2, -0.15) is 5.26 Å². The number of nitriles is 1. The van der Waals surface area contributed by atoms with Crippen molar-refractivity contribution in [1.82, 2.24) is 4.90 Å². The van der Waals surface area contributed by atoms with Crippen LogP contribution in [-0.2, 0) is 9.59 Å². The van der Waals surface area contributed by atoms with E-state index < -0.39 is 11.7 Å². The molecule has 8 heteroatoms. The average Bonchev–Trinajstić information content (AvgIpc) is 2.60. The van der Waals surface area contributed by atoms with E-state index in [1.807, 2.05) is 6.07 Å². The monoisotopic (exact) mass is 387 g/mol. The second-order valence-corrected chi connectivity index (χ2v) is 6.44. The molecule has 1 saturated heterocycles. The van der Waals surface area contributed by atoms with Gasteiger partial charge in [-0.1, -0.05) is 23.7 Å². The second-order valence-electron chi connectivity index (χ2n) is 6.01. The van der Waals surface area contributed by atoms with Gasteiger partial charge in [-0.3, -0.25) is 9.59 Å². The summed E-state index contributed by atoms with van der Waals surface area (Å²) in [5.41, 5.74) is 0.640. The number of hydrogen-bond acceptors (Lipinski definition) is 4. The van der Waals surface area contributed by atoms with Crippen LogP contribution in [0.4, 0.5) is 10.1 Å². The summed E-state index contributed by atoms with van der Waals surface area (Å²) in [7, 11) is 0. The van der Waals surface area contributed by atoms with Gasteiger partial charge in [-0.05, 0) is 30.3 Å². The molecule has 1 aliphatic rings. The molecule has 0 bridgehead atoms. The van der Waals surface area contributed by atoms with E-state index in [0.29, 0.717) is 16.3 Å². The van der Waals surface area contributed by atoms with Crippen molar-refractivity contribution in [2.45, 2.75) is 0 Å². The van der Waals surface area contributed by atoms with Crippen molar-refractivity contribution in [1.29, 1.82) is 5.26 Å². The zero-order valence-electron chi connectivity index (χ0n) is 14.1. The van der Waals surface area contributed by atoms with Gasteiger partial charge in [0.25, 0.3) is 5.91 Å². The molecule has 6 nitrogen and oxygen atoms in total. The first-order valence-corrected chi connectivity index (χ1v) is 8.51. The van der Waals surface area contributed by atoms with Crippen molar-refractivity contribution in [3.63, 3.8) is 0 Å². The molecule has 0 aliphatic carbocycles. The lowest BCUT2D eigenvalue weighted by atomic mass is 9.98. The predicted octanol–water partition coefficient (Wildman–Crippen LogP) is 2.83. The highest BCUT2D eigenvalue weighted by molar-refractivity contribution is 6.31. The maximum Gasteiger partial charge on any atom is 0.260 e. The molecule has 3 rings (SSSR count). The van der Waals surface area contributed by atoms with Crippen LogP contribution < -0.4 is 10.1 Å². The van der Waals surface area contributed by atoms with Crippen LogP contribution >= 0.6 is 11.6 Å². The number of benzene rings is 2. The van der Waals surface area contributed by atoms with Crippen LogP contribution in [-0.4, -0.2) is 36.4 Å². The third-order valence-electron chi connectivity index (χ3n) is 4.15. The van der Waals surface area contributed by atoms with Gasteiger partial charge in [0.05, 0.1) is 17.2 Å². The molecule has 0 spiro atoms. The summed E-state index contributed by atoms with van der Waals surface area (Å²) in [5, 5.41) is 12.1. The Hall–Kier alpha value is -3.11. The molecule has 0 aromatic heterocycles. The first-order valence-electron chi connectivity index (χ1n) is 8.13. The molecule has 138 valence electrons. The standard InChI is InChI=1S/C19H15ClFN3O3/c20-14-6-5-12(8-22)16(7-14)23-19(26)13-9-24(10-13)18(25)11-27-17-4-2-1-3-15(17)21/h1-7,13H,9-11H2,(H,23,26). The van der Waals surface area contributed by atoms with Crippen molar-refractivity contribution in [3.8, 4) is 11.8 Å². The predicted molar refractivity (Wildman–Crippen MR) is 96.8 cm³/mol. The van der Waals surface area contributed by atoms with E-state index in [1.165, 1.54) is 35.2 Å². The van der Waals surface area contributed by atoms with E-state index >= 15 is 0 Å². The Bertz CT molecular complexity index is 923. The first kappa shape index (κ1) is 18.7. The Balaban J connectivity index is 1.50. The van der Waals surface area contributed by atoms with E-state index in [1.54, 1.807) is 12.1 Å². The summed E-state index contributed by atoms with van der Waals surface area (Å²) in [6, 6.07) is 12.4. The zero-order chi connectivity index (χ0) is 19.4. The Labute approximate surface area is 160 Å². The zero-order valence-corrected chi connectivity index (χ0v) is 14.9. The Morgan fingerprint density at radius 1 is 1.30 bits per heavy atom. The highest BCUT2D eigenvalue weighted by atomic mass is 35.5. The normalized spacial score (nSPS) is 13.4. The molecule has 0 saturated carbocycles. The van der Waals surface area contributed by atoms with Gasteiger partial charge < -0.3 is 15.0 Å².